The van der Waals surface area contributed by atoms with Gasteiger partial charge in [0.05, 0.1) is 18.1 Å². The molecule has 0 fully saturated rings. The third-order valence-corrected chi connectivity index (χ3v) is 4.27. The first-order valence-electron chi connectivity index (χ1n) is 8.35. The van der Waals surface area contributed by atoms with E-state index in [0.717, 1.165) is 37.1 Å². The Labute approximate surface area is 137 Å². The third-order valence-electron chi connectivity index (χ3n) is 4.27. The highest BCUT2D eigenvalue weighted by atomic mass is 16.5. The highest BCUT2D eigenvalue weighted by molar-refractivity contribution is 6.01. The van der Waals surface area contributed by atoms with E-state index < -0.39 is 0 Å². The van der Waals surface area contributed by atoms with Gasteiger partial charge in [0, 0.05) is 6.54 Å². The molecule has 1 aliphatic rings. The van der Waals surface area contributed by atoms with Crippen molar-refractivity contribution >= 4 is 5.78 Å². The lowest BCUT2D eigenvalue weighted by Gasteiger charge is -2.24. The number of Topliss-reactive ketones (excluding diaryl/α,β-unsaturated/α-hetero) is 1. The van der Waals surface area contributed by atoms with Crippen molar-refractivity contribution in [2.24, 2.45) is 5.92 Å². The molecule has 1 heterocycles. The van der Waals surface area contributed by atoms with E-state index in [2.05, 4.69) is 29.6 Å². The highest BCUT2D eigenvalue weighted by Gasteiger charge is 2.27. The predicted octanol–water partition coefficient (Wildman–Crippen LogP) is 3.49. The summed E-state index contributed by atoms with van der Waals surface area (Å²) in [6.07, 6.45) is 3.39. The Kier molecular flexibility index (Phi) is 5.43. The van der Waals surface area contributed by atoms with Gasteiger partial charge in [-0.05, 0) is 43.5 Å². The summed E-state index contributed by atoms with van der Waals surface area (Å²) >= 11 is 0. The second-order valence-electron chi connectivity index (χ2n) is 6.02. The zero-order chi connectivity index (χ0) is 15.9. The maximum absolute atomic E-state index is 12.4. The van der Waals surface area contributed by atoms with E-state index in [1.165, 1.54) is 5.56 Å². The number of carbonyl (C=O) groups excluding carboxylic acids is 1. The van der Waals surface area contributed by atoms with E-state index in [9.17, 15) is 4.79 Å². The van der Waals surface area contributed by atoms with Gasteiger partial charge in [0.25, 0.3) is 0 Å². The Hall–Kier alpha value is -2.13. The van der Waals surface area contributed by atoms with Crippen LogP contribution < -0.4 is 10.1 Å². The maximum atomic E-state index is 12.4. The Balaban J connectivity index is 1.36. The summed E-state index contributed by atoms with van der Waals surface area (Å²) in [5.41, 5.74) is 2.11. The highest BCUT2D eigenvalue weighted by Crippen LogP contribution is 2.26. The molecule has 0 spiro atoms. The first-order chi connectivity index (χ1) is 11.3. The normalized spacial score (nSPS) is 16.7. The minimum atomic E-state index is -0.0703. The van der Waals surface area contributed by atoms with Gasteiger partial charge in [0.1, 0.15) is 5.75 Å². The fourth-order valence-corrected chi connectivity index (χ4v) is 2.93. The van der Waals surface area contributed by atoms with Gasteiger partial charge >= 0.3 is 0 Å². The number of benzene rings is 2. The number of ether oxygens (including phenoxy) is 1. The second kappa shape index (κ2) is 7.93. The number of nitrogens with one attached hydrogen (secondary N) is 1. The van der Waals surface area contributed by atoms with E-state index in [4.69, 9.17) is 4.74 Å². The predicted molar refractivity (Wildman–Crippen MR) is 92.0 cm³/mol. The van der Waals surface area contributed by atoms with Crippen LogP contribution in [-0.4, -0.2) is 25.5 Å². The molecule has 3 rings (SSSR count). The first kappa shape index (κ1) is 15.8. The average Bonchev–Trinajstić information content (AvgIpc) is 2.61. The largest absolute Gasteiger partial charge is 0.492 e. The fraction of sp³-hybridized carbons (Fsp3) is 0.350. The van der Waals surface area contributed by atoms with Crippen molar-refractivity contribution in [2.45, 2.75) is 19.3 Å². The standard InChI is InChI=1S/C20H23NO2/c22-20-17(15-23-19-12-5-4-11-18(19)20)14-21-13-7-6-10-16-8-2-1-3-9-16/h1-5,8-9,11-12,17,21H,6-7,10,13-15H2/t17-/m1/s1. The molecule has 0 aromatic heterocycles. The SMILES string of the molecule is O=C1c2ccccc2OC[C@H]1CNCCCCc1ccccc1. The van der Waals surface area contributed by atoms with Gasteiger partial charge in [-0.25, -0.2) is 0 Å². The molecule has 120 valence electrons. The number of fused-ring (bicyclic) bond motifs is 1. The van der Waals surface area contributed by atoms with Crippen molar-refractivity contribution in [3.8, 4) is 5.75 Å². The topological polar surface area (TPSA) is 38.3 Å². The van der Waals surface area contributed by atoms with Crippen LogP contribution in [0, 0.1) is 5.92 Å². The molecule has 2 aromatic carbocycles. The number of unbranched alkanes of at least 4 members (excludes halogenated alkanes) is 1. The summed E-state index contributed by atoms with van der Waals surface area (Å²) in [7, 11) is 0. The summed E-state index contributed by atoms with van der Waals surface area (Å²) < 4.78 is 5.68. The van der Waals surface area contributed by atoms with E-state index in [1.54, 1.807) is 0 Å². The van der Waals surface area contributed by atoms with Gasteiger partial charge in [-0.1, -0.05) is 42.5 Å². The maximum Gasteiger partial charge on any atom is 0.174 e. The van der Waals surface area contributed by atoms with Gasteiger partial charge in [-0.2, -0.15) is 0 Å². The molecule has 3 nitrogen and oxygen atoms in total. The van der Waals surface area contributed by atoms with Crippen molar-refractivity contribution < 1.29 is 9.53 Å². The monoisotopic (exact) mass is 309 g/mol. The summed E-state index contributed by atoms with van der Waals surface area (Å²) in [4.78, 5) is 12.4. The minimum Gasteiger partial charge on any atom is -0.492 e. The van der Waals surface area contributed by atoms with Crippen molar-refractivity contribution in [3.05, 3.63) is 65.7 Å². The molecular weight excluding hydrogens is 286 g/mol. The Morgan fingerprint density at radius 3 is 2.65 bits per heavy atom. The van der Waals surface area contributed by atoms with Crippen LogP contribution in [0.4, 0.5) is 0 Å². The molecule has 3 heteroatoms. The van der Waals surface area contributed by atoms with Crippen LogP contribution >= 0.6 is 0 Å². The number of para-hydroxylation sites is 1. The number of hydrogen-bond donors (Lipinski definition) is 1. The van der Waals surface area contributed by atoms with E-state index in [1.807, 2.05) is 30.3 Å². The molecule has 0 radical (unpaired) electrons. The summed E-state index contributed by atoms with van der Waals surface area (Å²) in [6.45, 7) is 2.11. The van der Waals surface area contributed by atoms with Crippen molar-refractivity contribution in [3.63, 3.8) is 0 Å². The molecule has 0 bridgehead atoms. The minimum absolute atomic E-state index is 0.0703. The zero-order valence-electron chi connectivity index (χ0n) is 13.3. The lowest BCUT2D eigenvalue weighted by atomic mass is 9.95. The third kappa shape index (κ3) is 4.20. The van der Waals surface area contributed by atoms with Crippen LogP contribution in [0.3, 0.4) is 0 Å². The Morgan fingerprint density at radius 2 is 1.78 bits per heavy atom. The van der Waals surface area contributed by atoms with Crippen molar-refractivity contribution in [2.75, 3.05) is 19.7 Å². The Morgan fingerprint density at radius 1 is 1.00 bits per heavy atom. The summed E-state index contributed by atoms with van der Waals surface area (Å²) in [5, 5.41) is 3.40. The average molecular weight is 309 g/mol. The Bertz CT molecular complexity index is 639. The van der Waals surface area contributed by atoms with E-state index in [-0.39, 0.29) is 11.7 Å². The lowest BCUT2D eigenvalue weighted by molar-refractivity contribution is 0.0830. The molecule has 23 heavy (non-hydrogen) atoms. The molecule has 1 aliphatic heterocycles. The van der Waals surface area contributed by atoms with Gasteiger partial charge in [-0.15, -0.1) is 0 Å². The molecule has 0 saturated carbocycles. The van der Waals surface area contributed by atoms with Crippen LogP contribution in [0.25, 0.3) is 0 Å². The molecule has 1 N–H and O–H groups in total. The zero-order valence-corrected chi connectivity index (χ0v) is 13.3. The number of ketones is 1. The smallest absolute Gasteiger partial charge is 0.174 e. The fourth-order valence-electron chi connectivity index (χ4n) is 2.93. The number of rotatable bonds is 7. The first-order valence-corrected chi connectivity index (χ1v) is 8.35. The molecule has 1 atom stereocenters. The molecular formula is C20H23NO2. The van der Waals surface area contributed by atoms with Crippen LogP contribution in [-0.2, 0) is 6.42 Å². The van der Waals surface area contributed by atoms with Crippen LogP contribution in [0.5, 0.6) is 5.75 Å². The van der Waals surface area contributed by atoms with Crippen LogP contribution in [0.15, 0.2) is 54.6 Å². The second-order valence-corrected chi connectivity index (χ2v) is 6.02. The van der Waals surface area contributed by atoms with Crippen LogP contribution in [0.2, 0.25) is 0 Å². The van der Waals surface area contributed by atoms with Gasteiger partial charge in [0.2, 0.25) is 0 Å². The van der Waals surface area contributed by atoms with Crippen molar-refractivity contribution in [1.82, 2.24) is 5.32 Å². The number of carbonyl (C=O) groups is 1. The lowest BCUT2D eigenvalue weighted by Crippen LogP contribution is -2.36. The number of aryl methyl sites for hydroxylation is 1. The van der Waals surface area contributed by atoms with E-state index in [0.29, 0.717) is 13.2 Å². The summed E-state index contributed by atoms with van der Waals surface area (Å²) in [5.74, 6) is 0.847. The van der Waals surface area contributed by atoms with E-state index >= 15 is 0 Å². The van der Waals surface area contributed by atoms with Crippen molar-refractivity contribution in [1.29, 1.82) is 0 Å². The molecule has 2 aromatic rings. The van der Waals surface area contributed by atoms with Gasteiger partial charge < -0.3 is 10.1 Å². The van der Waals surface area contributed by atoms with Crippen LogP contribution in [0.1, 0.15) is 28.8 Å². The van der Waals surface area contributed by atoms with Gasteiger partial charge in [-0.3, -0.25) is 4.79 Å². The molecule has 0 amide bonds. The summed E-state index contributed by atoms with van der Waals surface area (Å²) in [6, 6.07) is 18.1. The molecule has 0 aliphatic carbocycles. The van der Waals surface area contributed by atoms with Gasteiger partial charge in [0.15, 0.2) is 5.78 Å². The molecule has 0 saturated heterocycles. The quantitative estimate of drug-likeness (QED) is 0.796. The molecule has 0 unspecified atom stereocenters. The number of hydrogen-bond acceptors (Lipinski definition) is 3.